The molecule has 0 spiro atoms. The summed E-state index contributed by atoms with van der Waals surface area (Å²) in [5.41, 5.74) is 2.21. The molecule has 4 heterocycles. The van der Waals surface area contributed by atoms with E-state index in [1.165, 1.54) is 12.1 Å². The third kappa shape index (κ3) is 4.66. The highest BCUT2D eigenvalue weighted by Gasteiger charge is 2.40. The molecule has 0 radical (unpaired) electrons. The molecule has 0 saturated carbocycles. The van der Waals surface area contributed by atoms with Crippen LogP contribution in [-0.4, -0.2) is 54.0 Å². The van der Waals surface area contributed by atoms with Crippen molar-refractivity contribution in [1.29, 1.82) is 0 Å². The van der Waals surface area contributed by atoms with Gasteiger partial charge in [-0.3, -0.25) is 9.58 Å². The average Bonchev–Trinajstić information content (AvgIpc) is 3.40. The second-order valence-electron chi connectivity index (χ2n) is 9.40. The van der Waals surface area contributed by atoms with Crippen molar-refractivity contribution in [2.75, 3.05) is 13.1 Å². The van der Waals surface area contributed by atoms with Gasteiger partial charge in [0, 0.05) is 25.6 Å². The van der Waals surface area contributed by atoms with Crippen molar-refractivity contribution >= 4 is 11.0 Å². The van der Waals surface area contributed by atoms with Gasteiger partial charge in [-0.05, 0) is 50.5 Å². The first-order chi connectivity index (χ1) is 16.6. The van der Waals surface area contributed by atoms with Crippen LogP contribution in [0.1, 0.15) is 32.4 Å². The number of piperidine rings is 1. The van der Waals surface area contributed by atoms with Gasteiger partial charge in [0.25, 0.3) is 5.92 Å². The maximum absolute atomic E-state index is 14.0. The van der Waals surface area contributed by atoms with Crippen LogP contribution in [0.2, 0.25) is 0 Å². The van der Waals surface area contributed by atoms with Crippen LogP contribution in [0, 0.1) is 17.7 Å². The Morgan fingerprint density at radius 2 is 1.97 bits per heavy atom. The number of fused-ring (bicyclic) bond motifs is 1. The molecular formula is C26H25F3N6. The summed E-state index contributed by atoms with van der Waals surface area (Å²) < 4.78 is 45.1. The molecule has 0 bridgehead atoms. The molecule has 3 aromatic heterocycles. The maximum atomic E-state index is 14.0. The molecule has 4 aromatic rings. The molecule has 0 unspecified atom stereocenters. The van der Waals surface area contributed by atoms with Crippen molar-refractivity contribution in [3.8, 4) is 28.8 Å². The van der Waals surface area contributed by atoms with Gasteiger partial charge in [-0.15, -0.1) is 0 Å². The standard InChI is InChI=1S/C26H25F3N6/c1-25(2,34-13-5-11-26(28,29)17-34)12-10-23-21-8-9-22(18-6-4-7-19(27)14-18)31-24(21)35(32-23)20-15-30-33(3)16-20/h4,6-9,14-16H,5,11,13,17H2,1-3H3. The van der Waals surface area contributed by atoms with Gasteiger partial charge in [0.2, 0.25) is 0 Å². The zero-order chi connectivity index (χ0) is 24.8. The van der Waals surface area contributed by atoms with Crippen molar-refractivity contribution in [2.45, 2.75) is 38.2 Å². The van der Waals surface area contributed by atoms with Crippen molar-refractivity contribution in [1.82, 2.24) is 29.4 Å². The van der Waals surface area contributed by atoms with E-state index in [1.807, 2.05) is 19.9 Å². The van der Waals surface area contributed by atoms with E-state index in [-0.39, 0.29) is 18.8 Å². The molecule has 1 aliphatic heterocycles. The largest absolute Gasteiger partial charge is 0.282 e. The van der Waals surface area contributed by atoms with Crippen LogP contribution in [-0.2, 0) is 7.05 Å². The van der Waals surface area contributed by atoms with Gasteiger partial charge >= 0.3 is 0 Å². The minimum Gasteiger partial charge on any atom is -0.282 e. The van der Waals surface area contributed by atoms with E-state index in [0.717, 1.165) is 0 Å². The summed E-state index contributed by atoms with van der Waals surface area (Å²) in [5, 5.41) is 9.62. The highest BCUT2D eigenvalue weighted by atomic mass is 19.3. The first-order valence-electron chi connectivity index (χ1n) is 11.4. The third-order valence-electron chi connectivity index (χ3n) is 6.26. The predicted molar refractivity (Wildman–Crippen MR) is 128 cm³/mol. The lowest BCUT2D eigenvalue weighted by atomic mass is 9.97. The molecule has 9 heteroatoms. The smallest absolute Gasteiger partial charge is 0.260 e. The normalized spacial score (nSPS) is 16.3. The second kappa shape index (κ2) is 8.54. The molecule has 1 fully saturated rings. The van der Waals surface area contributed by atoms with E-state index in [9.17, 15) is 13.2 Å². The Hall–Kier alpha value is -3.64. The first-order valence-corrected chi connectivity index (χ1v) is 11.4. The molecule has 1 aromatic carbocycles. The fourth-order valence-corrected chi connectivity index (χ4v) is 4.33. The zero-order valence-corrected chi connectivity index (χ0v) is 19.8. The molecule has 0 amide bonds. The SMILES string of the molecule is Cn1cc(-n2nc(C#CC(C)(C)N3CCCC(F)(F)C3)c3ccc(-c4cccc(F)c4)nc32)cn1. The third-order valence-corrected chi connectivity index (χ3v) is 6.26. The molecule has 0 atom stereocenters. The zero-order valence-electron chi connectivity index (χ0n) is 19.8. The van der Waals surface area contributed by atoms with Crippen molar-refractivity contribution in [2.24, 2.45) is 7.05 Å². The number of nitrogens with zero attached hydrogens (tertiary/aromatic N) is 6. The van der Waals surface area contributed by atoms with Crippen LogP contribution in [0.4, 0.5) is 13.2 Å². The molecule has 180 valence electrons. The van der Waals surface area contributed by atoms with E-state index >= 15 is 0 Å². The predicted octanol–water partition coefficient (Wildman–Crippen LogP) is 4.82. The molecule has 5 rings (SSSR count). The van der Waals surface area contributed by atoms with Gasteiger partial charge in [0.1, 0.15) is 17.2 Å². The van der Waals surface area contributed by atoms with Crippen molar-refractivity contribution < 1.29 is 13.2 Å². The number of benzene rings is 1. The highest BCUT2D eigenvalue weighted by molar-refractivity contribution is 5.85. The fourth-order valence-electron chi connectivity index (χ4n) is 4.33. The Morgan fingerprint density at radius 1 is 1.14 bits per heavy atom. The Labute approximate surface area is 201 Å². The van der Waals surface area contributed by atoms with E-state index < -0.39 is 11.5 Å². The van der Waals surface area contributed by atoms with E-state index in [2.05, 4.69) is 22.0 Å². The molecule has 35 heavy (non-hydrogen) atoms. The van der Waals surface area contributed by atoms with E-state index in [1.54, 1.807) is 51.9 Å². The number of halogens is 3. The van der Waals surface area contributed by atoms with Gasteiger partial charge in [0.05, 0.1) is 35.6 Å². The van der Waals surface area contributed by atoms with Gasteiger partial charge in [-0.25, -0.2) is 22.8 Å². The van der Waals surface area contributed by atoms with Crippen LogP contribution in [0.15, 0.2) is 48.8 Å². The maximum Gasteiger partial charge on any atom is 0.260 e. The summed E-state index contributed by atoms with van der Waals surface area (Å²) >= 11 is 0. The first kappa shape index (κ1) is 23.1. The average molecular weight is 479 g/mol. The molecular weight excluding hydrogens is 453 g/mol. The fraction of sp³-hybridized carbons (Fsp3) is 0.346. The number of rotatable bonds is 3. The van der Waals surface area contributed by atoms with Gasteiger partial charge in [-0.2, -0.15) is 10.2 Å². The lowest BCUT2D eigenvalue weighted by Crippen LogP contribution is -2.52. The minimum absolute atomic E-state index is 0.0908. The number of alkyl halides is 2. The van der Waals surface area contributed by atoms with E-state index in [0.29, 0.717) is 46.6 Å². The lowest BCUT2D eigenvalue weighted by molar-refractivity contribution is -0.0802. The summed E-state index contributed by atoms with van der Waals surface area (Å²) in [4.78, 5) is 6.49. The van der Waals surface area contributed by atoms with Crippen molar-refractivity contribution in [3.05, 3.63) is 60.3 Å². The number of hydrogen-bond donors (Lipinski definition) is 0. The van der Waals surface area contributed by atoms with Crippen LogP contribution in [0.3, 0.4) is 0 Å². The second-order valence-corrected chi connectivity index (χ2v) is 9.40. The minimum atomic E-state index is -2.71. The van der Waals surface area contributed by atoms with E-state index in [4.69, 9.17) is 4.98 Å². The summed E-state index contributed by atoms with van der Waals surface area (Å²) in [5.74, 6) is 3.24. The Kier molecular flexibility index (Phi) is 5.64. The number of pyridine rings is 1. The topological polar surface area (TPSA) is 51.8 Å². The Balaban J connectivity index is 1.59. The molecule has 0 aliphatic carbocycles. The van der Waals surface area contributed by atoms with Gasteiger partial charge in [-0.1, -0.05) is 18.1 Å². The number of aryl methyl sites for hydroxylation is 1. The van der Waals surface area contributed by atoms with Crippen LogP contribution in [0.5, 0.6) is 0 Å². The van der Waals surface area contributed by atoms with Gasteiger partial charge in [0.15, 0.2) is 5.65 Å². The summed E-state index contributed by atoms with van der Waals surface area (Å²) in [6.45, 7) is 3.96. The molecule has 6 nitrogen and oxygen atoms in total. The summed E-state index contributed by atoms with van der Waals surface area (Å²) in [6.07, 6.45) is 3.82. The monoisotopic (exact) mass is 478 g/mol. The molecule has 0 N–H and O–H groups in total. The quantitative estimate of drug-likeness (QED) is 0.396. The highest BCUT2D eigenvalue weighted by Crippen LogP contribution is 2.31. The Morgan fingerprint density at radius 3 is 2.69 bits per heavy atom. The van der Waals surface area contributed by atoms with Crippen LogP contribution in [0.25, 0.3) is 28.0 Å². The van der Waals surface area contributed by atoms with Gasteiger partial charge < -0.3 is 0 Å². The summed E-state index contributed by atoms with van der Waals surface area (Å²) in [7, 11) is 1.80. The van der Waals surface area contributed by atoms with Crippen LogP contribution >= 0.6 is 0 Å². The van der Waals surface area contributed by atoms with Crippen molar-refractivity contribution in [3.63, 3.8) is 0 Å². The Bertz CT molecular complexity index is 1460. The summed E-state index contributed by atoms with van der Waals surface area (Å²) in [6, 6.07) is 9.90. The number of likely N-dealkylation sites (tertiary alicyclic amines) is 1. The number of hydrogen-bond acceptors (Lipinski definition) is 4. The molecule has 1 aliphatic rings. The molecule has 1 saturated heterocycles. The number of aromatic nitrogens is 5. The van der Waals surface area contributed by atoms with Crippen LogP contribution < -0.4 is 0 Å². The lowest BCUT2D eigenvalue weighted by Gasteiger charge is -2.40.